The molecule has 0 aliphatic carbocycles. The molecule has 1 aromatic heterocycles. The molecule has 0 aromatic carbocycles. The largest absolute Gasteiger partial charge is 0.324 e. The molecule has 0 amide bonds. The second kappa shape index (κ2) is 4.81. The molecule has 1 aliphatic rings. The maximum Gasteiger partial charge on any atom is 0.0700 e. The highest BCUT2D eigenvalue weighted by Gasteiger charge is 2.27. The summed E-state index contributed by atoms with van der Waals surface area (Å²) in [5.74, 6) is 0.941. The number of aryl methyl sites for hydroxylation is 1. The molecule has 2 N–H and O–H groups in total. The van der Waals surface area contributed by atoms with E-state index in [0.717, 1.165) is 13.0 Å². The minimum absolute atomic E-state index is 0.134. The van der Waals surface area contributed by atoms with Crippen molar-refractivity contribution >= 4 is 0 Å². The Labute approximate surface area is 104 Å². The standard InChI is InChI=1S/C14H25N3/c1-9(2)13(15)12-11-7-5-6-8-17(11)16-14(12)10(3)4/h9-10,13H,5-8,15H2,1-4H3. The van der Waals surface area contributed by atoms with Gasteiger partial charge in [0.1, 0.15) is 0 Å². The minimum atomic E-state index is 0.134. The summed E-state index contributed by atoms with van der Waals surface area (Å²) in [4.78, 5) is 0. The lowest BCUT2D eigenvalue weighted by molar-refractivity contribution is 0.468. The van der Waals surface area contributed by atoms with Crippen LogP contribution < -0.4 is 5.73 Å². The molecule has 17 heavy (non-hydrogen) atoms. The van der Waals surface area contributed by atoms with Crippen LogP contribution in [0.2, 0.25) is 0 Å². The van der Waals surface area contributed by atoms with Gasteiger partial charge in [0.2, 0.25) is 0 Å². The highest BCUT2D eigenvalue weighted by Crippen LogP contribution is 2.33. The Morgan fingerprint density at radius 2 is 1.88 bits per heavy atom. The van der Waals surface area contributed by atoms with Crippen molar-refractivity contribution in [3.63, 3.8) is 0 Å². The highest BCUT2D eigenvalue weighted by molar-refractivity contribution is 5.33. The number of hydrogen-bond acceptors (Lipinski definition) is 2. The van der Waals surface area contributed by atoms with Crippen LogP contribution in [0.3, 0.4) is 0 Å². The molecule has 0 saturated carbocycles. The van der Waals surface area contributed by atoms with Crippen molar-refractivity contribution in [3.8, 4) is 0 Å². The lowest BCUT2D eigenvalue weighted by Gasteiger charge is -2.21. The van der Waals surface area contributed by atoms with E-state index in [2.05, 4.69) is 32.4 Å². The van der Waals surface area contributed by atoms with Crippen LogP contribution in [-0.4, -0.2) is 9.78 Å². The predicted molar refractivity (Wildman–Crippen MR) is 71.0 cm³/mol. The van der Waals surface area contributed by atoms with E-state index in [0.29, 0.717) is 11.8 Å². The molecule has 1 atom stereocenters. The van der Waals surface area contributed by atoms with Crippen molar-refractivity contribution in [1.82, 2.24) is 9.78 Å². The average molecular weight is 235 g/mol. The number of nitrogens with two attached hydrogens (primary N) is 1. The van der Waals surface area contributed by atoms with Gasteiger partial charge in [0.05, 0.1) is 5.69 Å². The third-order valence-electron chi connectivity index (χ3n) is 3.76. The summed E-state index contributed by atoms with van der Waals surface area (Å²) in [7, 11) is 0. The summed E-state index contributed by atoms with van der Waals surface area (Å²) in [6.45, 7) is 9.89. The van der Waals surface area contributed by atoms with E-state index < -0.39 is 0 Å². The lowest BCUT2D eigenvalue weighted by atomic mass is 9.89. The fourth-order valence-electron chi connectivity index (χ4n) is 2.66. The van der Waals surface area contributed by atoms with Crippen molar-refractivity contribution in [1.29, 1.82) is 0 Å². The molecule has 0 fully saturated rings. The quantitative estimate of drug-likeness (QED) is 0.875. The summed E-state index contributed by atoms with van der Waals surface area (Å²) in [5.41, 5.74) is 10.4. The third-order valence-corrected chi connectivity index (χ3v) is 3.76. The summed E-state index contributed by atoms with van der Waals surface area (Å²) >= 11 is 0. The third kappa shape index (κ3) is 2.25. The van der Waals surface area contributed by atoms with E-state index in [-0.39, 0.29) is 6.04 Å². The van der Waals surface area contributed by atoms with Crippen LogP contribution in [-0.2, 0) is 13.0 Å². The average Bonchev–Trinajstić information content (AvgIpc) is 2.67. The zero-order valence-electron chi connectivity index (χ0n) is 11.5. The fourth-order valence-corrected chi connectivity index (χ4v) is 2.66. The topological polar surface area (TPSA) is 43.8 Å². The molecule has 3 heteroatoms. The fraction of sp³-hybridized carbons (Fsp3) is 0.786. The van der Waals surface area contributed by atoms with Gasteiger partial charge in [0, 0.05) is 23.8 Å². The maximum absolute atomic E-state index is 6.39. The van der Waals surface area contributed by atoms with Crippen molar-refractivity contribution in [2.75, 3.05) is 0 Å². The smallest absolute Gasteiger partial charge is 0.0700 e. The van der Waals surface area contributed by atoms with Gasteiger partial charge in [-0.3, -0.25) is 4.68 Å². The molecule has 1 aliphatic heterocycles. The molecule has 2 rings (SSSR count). The van der Waals surface area contributed by atoms with Gasteiger partial charge in [-0.2, -0.15) is 5.10 Å². The zero-order chi connectivity index (χ0) is 12.6. The Bertz CT molecular complexity index is 390. The normalized spacial score (nSPS) is 17.6. The Kier molecular flexibility index (Phi) is 3.57. The SMILES string of the molecule is CC(C)c1nn2c(c1C(N)C(C)C)CCCC2. The van der Waals surface area contributed by atoms with Crippen molar-refractivity contribution < 1.29 is 0 Å². The minimum Gasteiger partial charge on any atom is -0.324 e. The lowest BCUT2D eigenvalue weighted by Crippen LogP contribution is -2.21. The van der Waals surface area contributed by atoms with Gasteiger partial charge in [0.15, 0.2) is 0 Å². The second-order valence-electron chi connectivity index (χ2n) is 5.85. The zero-order valence-corrected chi connectivity index (χ0v) is 11.5. The maximum atomic E-state index is 6.39. The predicted octanol–water partition coefficient (Wildman–Crippen LogP) is 3.00. The van der Waals surface area contributed by atoms with Gasteiger partial charge >= 0.3 is 0 Å². The Morgan fingerprint density at radius 1 is 1.18 bits per heavy atom. The van der Waals surface area contributed by atoms with E-state index in [1.807, 2.05) is 0 Å². The summed E-state index contributed by atoms with van der Waals surface area (Å²) in [5, 5.41) is 4.79. The van der Waals surface area contributed by atoms with E-state index in [4.69, 9.17) is 10.8 Å². The van der Waals surface area contributed by atoms with Gasteiger partial charge in [-0.1, -0.05) is 27.7 Å². The number of nitrogens with zero attached hydrogens (tertiary/aromatic N) is 2. The molecular formula is C14H25N3. The first-order valence-electron chi connectivity index (χ1n) is 6.87. The Hall–Kier alpha value is -0.830. The Balaban J connectivity index is 2.49. The first-order chi connectivity index (χ1) is 8.02. The van der Waals surface area contributed by atoms with Crippen LogP contribution in [0.4, 0.5) is 0 Å². The van der Waals surface area contributed by atoms with Crippen molar-refractivity contribution in [2.24, 2.45) is 11.7 Å². The molecular weight excluding hydrogens is 210 g/mol. The first-order valence-corrected chi connectivity index (χ1v) is 6.87. The molecule has 1 unspecified atom stereocenters. The molecule has 0 radical (unpaired) electrons. The van der Waals surface area contributed by atoms with Crippen LogP contribution in [0.5, 0.6) is 0 Å². The summed E-state index contributed by atoms with van der Waals surface area (Å²) < 4.78 is 2.20. The second-order valence-corrected chi connectivity index (χ2v) is 5.85. The summed E-state index contributed by atoms with van der Waals surface area (Å²) in [6, 6.07) is 0.134. The monoisotopic (exact) mass is 235 g/mol. The highest BCUT2D eigenvalue weighted by atomic mass is 15.3. The molecule has 2 heterocycles. The molecule has 0 spiro atoms. The van der Waals surface area contributed by atoms with E-state index >= 15 is 0 Å². The van der Waals surface area contributed by atoms with Crippen LogP contribution in [0.25, 0.3) is 0 Å². The van der Waals surface area contributed by atoms with Crippen LogP contribution in [0.15, 0.2) is 0 Å². The molecule has 3 nitrogen and oxygen atoms in total. The molecule has 96 valence electrons. The van der Waals surface area contributed by atoms with Gasteiger partial charge in [-0.15, -0.1) is 0 Å². The van der Waals surface area contributed by atoms with Crippen LogP contribution in [0, 0.1) is 5.92 Å². The number of fused-ring (bicyclic) bond motifs is 1. The van der Waals surface area contributed by atoms with Gasteiger partial charge in [-0.25, -0.2) is 0 Å². The van der Waals surface area contributed by atoms with Gasteiger partial charge in [-0.05, 0) is 31.1 Å². The van der Waals surface area contributed by atoms with Crippen LogP contribution >= 0.6 is 0 Å². The van der Waals surface area contributed by atoms with E-state index in [9.17, 15) is 0 Å². The molecule has 0 saturated heterocycles. The number of rotatable bonds is 3. The molecule has 1 aromatic rings. The molecule has 0 bridgehead atoms. The number of hydrogen-bond donors (Lipinski definition) is 1. The summed E-state index contributed by atoms with van der Waals surface area (Å²) in [6.07, 6.45) is 3.68. The van der Waals surface area contributed by atoms with Crippen molar-refractivity contribution in [3.05, 3.63) is 17.0 Å². The first kappa shape index (κ1) is 12.6. The van der Waals surface area contributed by atoms with Crippen molar-refractivity contribution in [2.45, 2.75) is 65.5 Å². The van der Waals surface area contributed by atoms with E-state index in [1.165, 1.54) is 29.8 Å². The van der Waals surface area contributed by atoms with Gasteiger partial charge in [0.25, 0.3) is 0 Å². The number of aromatic nitrogens is 2. The van der Waals surface area contributed by atoms with E-state index in [1.54, 1.807) is 0 Å². The van der Waals surface area contributed by atoms with Crippen LogP contribution in [0.1, 0.15) is 69.4 Å². The van der Waals surface area contributed by atoms with Gasteiger partial charge < -0.3 is 5.73 Å². The Morgan fingerprint density at radius 3 is 2.47 bits per heavy atom.